The number of aromatic nitrogens is 2. The summed E-state index contributed by atoms with van der Waals surface area (Å²) in [5.41, 5.74) is 1.82. The summed E-state index contributed by atoms with van der Waals surface area (Å²) in [5, 5.41) is 9.50. The van der Waals surface area contributed by atoms with Gasteiger partial charge in [0.15, 0.2) is 0 Å². The van der Waals surface area contributed by atoms with Crippen molar-refractivity contribution in [3.05, 3.63) is 54.1 Å². The highest BCUT2D eigenvalue weighted by molar-refractivity contribution is 5.81. The number of imidazole rings is 1. The number of piperidine rings is 1. The molecule has 0 unspecified atom stereocenters. The third kappa shape index (κ3) is 4.47. The molecule has 2 heterocycles. The van der Waals surface area contributed by atoms with Gasteiger partial charge in [-0.3, -0.25) is 4.57 Å². The van der Waals surface area contributed by atoms with Crippen LogP contribution in [0.2, 0.25) is 0 Å². The summed E-state index contributed by atoms with van der Waals surface area (Å²) in [5.74, 6) is -0.339. The molecule has 0 atom stereocenters. The van der Waals surface area contributed by atoms with E-state index in [2.05, 4.69) is 15.8 Å². The first-order valence-electron chi connectivity index (χ1n) is 8.13. The highest BCUT2D eigenvalue weighted by Gasteiger charge is 2.31. The van der Waals surface area contributed by atoms with Gasteiger partial charge in [-0.1, -0.05) is 0 Å². The second-order valence-corrected chi connectivity index (χ2v) is 5.90. The van der Waals surface area contributed by atoms with Gasteiger partial charge in [-0.15, -0.1) is 13.2 Å². The standard InChI is InChI=1S/C18H15F3N4O2/c19-18(20,21)27-15-3-1-13(2-4-15)16(11-22)14-5-8-24(9-6-14)17(26)25-10-7-23-12-25/h1-4,7,10,12H,5-6,8-9H2. The van der Waals surface area contributed by atoms with Crippen molar-refractivity contribution in [3.63, 3.8) is 0 Å². The van der Waals surface area contributed by atoms with Crippen LogP contribution in [0, 0.1) is 11.3 Å². The number of benzene rings is 1. The van der Waals surface area contributed by atoms with Crippen molar-refractivity contribution in [1.29, 1.82) is 5.26 Å². The molecule has 0 spiro atoms. The smallest absolute Gasteiger partial charge is 0.406 e. The summed E-state index contributed by atoms with van der Waals surface area (Å²) in [6, 6.07) is 7.15. The molecule has 1 aromatic carbocycles. The minimum Gasteiger partial charge on any atom is -0.406 e. The highest BCUT2D eigenvalue weighted by Crippen LogP contribution is 2.29. The van der Waals surface area contributed by atoms with E-state index < -0.39 is 6.36 Å². The molecule has 1 amide bonds. The maximum Gasteiger partial charge on any atom is 0.573 e. The zero-order chi connectivity index (χ0) is 19.4. The average Bonchev–Trinajstić information content (AvgIpc) is 3.17. The van der Waals surface area contributed by atoms with Crippen LogP contribution in [0.4, 0.5) is 18.0 Å². The number of amides is 1. The number of hydrogen-bond acceptors (Lipinski definition) is 4. The molecule has 0 radical (unpaired) electrons. The zero-order valence-corrected chi connectivity index (χ0v) is 14.1. The minimum atomic E-state index is -4.76. The number of ether oxygens (including phenoxy) is 1. The number of hydrogen-bond donors (Lipinski definition) is 0. The summed E-state index contributed by atoms with van der Waals surface area (Å²) < 4.78 is 41.9. The normalized spacial score (nSPS) is 14.6. The Bertz CT molecular complexity index is 871. The number of alkyl halides is 3. The van der Waals surface area contributed by atoms with Crippen LogP contribution in [0.3, 0.4) is 0 Å². The van der Waals surface area contributed by atoms with Crippen LogP contribution in [0.5, 0.6) is 5.75 Å². The predicted molar refractivity (Wildman–Crippen MR) is 89.5 cm³/mol. The lowest BCUT2D eigenvalue weighted by Crippen LogP contribution is -2.38. The Balaban J connectivity index is 1.71. The fraction of sp³-hybridized carbons (Fsp3) is 0.278. The highest BCUT2D eigenvalue weighted by atomic mass is 19.4. The van der Waals surface area contributed by atoms with Gasteiger partial charge >= 0.3 is 12.4 Å². The van der Waals surface area contributed by atoms with Crippen LogP contribution < -0.4 is 4.74 Å². The topological polar surface area (TPSA) is 71.2 Å². The molecule has 0 bridgehead atoms. The molecule has 1 aromatic heterocycles. The van der Waals surface area contributed by atoms with E-state index in [1.807, 2.05) is 0 Å². The van der Waals surface area contributed by atoms with E-state index in [9.17, 15) is 23.2 Å². The Kier molecular flexibility index (Phi) is 5.16. The Morgan fingerprint density at radius 1 is 1.19 bits per heavy atom. The Labute approximate surface area is 153 Å². The summed E-state index contributed by atoms with van der Waals surface area (Å²) >= 11 is 0. The van der Waals surface area contributed by atoms with E-state index in [4.69, 9.17) is 0 Å². The molecular weight excluding hydrogens is 361 g/mol. The number of rotatable bonds is 2. The van der Waals surface area contributed by atoms with Crippen LogP contribution in [-0.4, -0.2) is 39.9 Å². The molecule has 27 heavy (non-hydrogen) atoms. The molecule has 1 fully saturated rings. The van der Waals surface area contributed by atoms with Gasteiger partial charge < -0.3 is 9.64 Å². The predicted octanol–water partition coefficient (Wildman–Crippen LogP) is 3.82. The first-order valence-corrected chi connectivity index (χ1v) is 8.13. The molecule has 1 saturated heterocycles. The van der Waals surface area contributed by atoms with Gasteiger partial charge in [0.1, 0.15) is 12.1 Å². The average molecular weight is 376 g/mol. The molecule has 0 N–H and O–H groups in total. The van der Waals surface area contributed by atoms with Crippen molar-refractivity contribution >= 4 is 11.6 Å². The second-order valence-electron chi connectivity index (χ2n) is 5.90. The van der Waals surface area contributed by atoms with Crippen molar-refractivity contribution < 1.29 is 22.7 Å². The number of likely N-dealkylation sites (tertiary alicyclic amines) is 1. The van der Waals surface area contributed by atoms with Gasteiger partial charge in [0, 0.05) is 25.5 Å². The van der Waals surface area contributed by atoms with Crippen LogP contribution in [0.1, 0.15) is 18.4 Å². The summed E-state index contributed by atoms with van der Waals surface area (Å²) in [7, 11) is 0. The van der Waals surface area contributed by atoms with Crippen molar-refractivity contribution in [2.45, 2.75) is 19.2 Å². The molecule has 0 saturated carbocycles. The van der Waals surface area contributed by atoms with Crippen molar-refractivity contribution in [3.8, 4) is 11.8 Å². The Morgan fingerprint density at radius 3 is 2.37 bits per heavy atom. The van der Waals surface area contributed by atoms with Gasteiger partial charge in [-0.2, -0.15) is 5.26 Å². The van der Waals surface area contributed by atoms with Crippen molar-refractivity contribution in [2.24, 2.45) is 0 Å². The molecule has 140 valence electrons. The van der Waals surface area contributed by atoms with Crippen molar-refractivity contribution in [2.75, 3.05) is 13.1 Å². The summed E-state index contributed by atoms with van der Waals surface area (Å²) in [4.78, 5) is 17.8. The largest absolute Gasteiger partial charge is 0.573 e. The molecule has 6 nitrogen and oxygen atoms in total. The molecular formula is C18H15F3N4O2. The fourth-order valence-electron chi connectivity index (χ4n) is 2.92. The summed E-state index contributed by atoms with van der Waals surface area (Å²) in [6.07, 6.45) is 0.798. The monoisotopic (exact) mass is 376 g/mol. The summed E-state index contributed by atoms with van der Waals surface area (Å²) in [6.45, 7) is 0.902. The van der Waals surface area contributed by atoms with E-state index >= 15 is 0 Å². The number of carbonyl (C=O) groups excluding carboxylic acids is 1. The van der Waals surface area contributed by atoms with E-state index in [1.165, 1.54) is 41.4 Å². The lowest BCUT2D eigenvalue weighted by molar-refractivity contribution is -0.274. The number of nitrogens with zero attached hydrogens (tertiary/aromatic N) is 4. The van der Waals surface area contributed by atoms with Gasteiger partial charge in [0.2, 0.25) is 0 Å². The number of nitriles is 1. The molecule has 1 aliphatic rings. The second kappa shape index (κ2) is 7.53. The van der Waals surface area contributed by atoms with Crippen LogP contribution in [0.15, 0.2) is 48.6 Å². The van der Waals surface area contributed by atoms with E-state index in [-0.39, 0.29) is 11.8 Å². The van der Waals surface area contributed by atoms with E-state index in [1.54, 1.807) is 11.1 Å². The third-order valence-corrected chi connectivity index (χ3v) is 4.20. The van der Waals surface area contributed by atoms with E-state index in [0.717, 1.165) is 5.57 Å². The van der Waals surface area contributed by atoms with Gasteiger partial charge in [-0.05, 0) is 48.2 Å². The zero-order valence-electron chi connectivity index (χ0n) is 14.1. The lowest BCUT2D eigenvalue weighted by Gasteiger charge is -2.29. The van der Waals surface area contributed by atoms with Crippen LogP contribution >= 0.6 is 0 Å². The molecule has 2 aromatic rings. The van der Waals surface area contributed by atoms with Crippen LogP contribution in [-0.2, 0) is 0 Å². The number of halogens is 3. The Morgan fingerprint density at radius 2 is 1.85 bits per heavy atom. The Hall–Kier alpha value is -3.28. The van der Waals surface area contributed by atoms with Crippen LogP contribution in [0.25, 0.3) is 5.57 Å². The van der Waals surface area contributed by atoms with Gasteiger partial charge in [0.25, 0.3) is 0 Å². The molecule has 0 aliphatic carbocycles. The molecule has 9 heteroatoms. The van der Waals surface area contributed by atoms with E-state index in [0.29, 0.717) is 37.1 Å². The number of carbonyl (C=O) groups is 1. The number of allylic oxidation sites excluding steroid dienone is 1. The first kappa shape index (κ1) is 18.5. The van der Waals surface area contributed by atoms with Gasteiger partial charge in [0.05, 0.1) is 11.6 Å². The maximum absolute atomic E-state index is 12.3. The van der Waals surface area contributed by atoms with Crippen molar-refractivity contribution in [1.82, 2.24) is 14.5 Å². The lowest BCUT2D eigenvalue weighted by atomic mass is 9.94. The van der Waals surface area contributed by atoms with Gasteiger partial charge in [-0.25, -0.2) is 9.78 Å². The quantitative estimate of drug-likeness (QED) is 0.747. The SMILES string of the molecule is N#CC(=C1CCN(C(=O)n2ccnc2)CC1)c1ccc(OC(F)(F)F)cc1. The minimum absolute atomic E-state index is 0.182. The first-order chi connectivity index (χ1) is 12.9. The fourth-order valence-corrected chi connectivity index (χ4v) is 2.92. The molecule has 3 rings (SSSR count). The maximum atomic E-state index is 12.3. The third-order valence-electron chi connectivity index (χ3n) is 4.20. The molecule has 1 aliphatic heterocycles.